The summed E-state index contributed by atoms with van der Waals surface area (Å²) in [6.07, 6.45) is -3.80. The van der Waals surface area contributed by atoms with Crippen molar-refractivity contribution in [1.82, 2.24) is 5.32 Å². The predicted octanol–water partition coefficient (Wildman–Crippen LogP) is 3.64. The minimum absolute atomic E-state index is 0.221. The molecule has 0 saturated heterocycles. The first-order valence-electron chi connectivity index (χ1n) is 5.04. The number of halogens is 5. The molecule has 1 atom stereocenters. The van der Waals surface area contributed by atoms with E-state index in [0.717, 1.165) is 5.56 Å². The smallest absolute Gasteiger partial charge is 0.305 e. The fraction of sp³-hybridized carbons (Fsp3) is 0.455. The number of benzene rings is 1. The quantitative estimate of drug-likeness (QED) is 0.815. The van der Waals surface area contributed by atoms with E-state index in [9.17, 15) is 13.2 Å². The van der Waals surface area contributed by atoms with E-state index in [0.29, 0.717) is 11.4 Å². The summed E-state index contributed by atoms with van der Waals surface area (Å²) in [4.78, 5) is 0. The molecule has 0 spiro atoms. The molecule has 1 aromatic rings. The van der Waals surface area contributed by atoms with Gasteiger partial charge in [0.2, 0.25) is 0 Å². The number of nitrogens with one attached hydrogen (secondary N) is 1. The Labute approximate surface area is 108 Å². The highest BCUT2D eigenvalue weighted by Gasteiger charge is 2.38. The zero-order valence-corrected chi connectivity index (χ0v) is 10.4. The van der Waals surface area contributed by atoms with Gasteiger partial charge in [0, 0.05) is 10.9 Å². The SMILES string of the molecule is FC(F)(F)C(CCl)NCCc1ccc(Cl)cc1. The third kappa shape index (κ3) is 5.15. The molecule has 6 heteroatoms. The summed E-state index contributed by atoms with van der Waals surface area (Å²) in [5, 5.41) is 2.99. The fourth-order valence-electron chi connectivity index (χ4n) is 1.30. The van der Waals surface area contributed by atoms with Crippen molar-refractivity contribution < 1.29 is 13.2 Å². The third-order valence-electron chi connectivity index (χ3n) is 2.27. The predicted molar refractivity (Wildman–Crippen MR) is 63.7 cm³/mol. The van der Waals surface area contributed by atoms with Crippen molar-refractivity contribution in [2.24, 2.45) is 0 Å². The third-order valence-corrected chi connectivity index (χ3v) is 2.83. The molecule has 96 valence electrons. The molecule has 0 amide bonds. The first-order chi connectivity index (χ1) is 7.93. The summed E-state index contributed by atoms with van der Waals surface area (Å²) in [6.45, 7) is 0.221. The van der Waals surface area contributed by atoms with Crippen LogP contribution in [0.15, 0.2) is 24.3 Å². The van der Waals surface area contributed by atoms with Crippen LogP contribution >= 0.6 is 23.2 Å². The average molecular weight is 286 g/mol. The maximum atomic E-state index is 12.3. The molecule has 0 aliphatic rings. The van der Waals surface area contributed by atoms with Crippen LogP contribution < -0.4 is 5.32 Å². The van der Waals surface area contributed by atoms with Crippen LogP contribution in [0.4, 0.5) is 13.2 Å². The van der Waals surface area contributed by atoms with Crippen LogP contribution in [0.5, 0.6) is 0 Å². The second-order valence-electron chi connectivity index (χ2n) is 3.58. The molecular weight excluding hydrogens is 274 g/mol. The second-order valence-corrected chi connectivity index (χ2v) is 4.32. The van der Waals surface area contributed by atoms with E-state index in [1.807, 2.05) is 0 Å². The second kappa shape index (κ2) is 6.47. The Balaban J connectivity index is 2.39. The highest BCUT2D eigenvalue weighted by atomic mass is 35.5. The highest BCUT2D eigenvalue weighted by Crippen LogP contribution is 2.21. The Morgan fingerprint density at radius 2 is 1.76 bits per heavy atom. The van der Waals surface area contributed by atoms with Crippen LogP contribution in [0.2, 0.25) is 5.02 Å². The van der Waals surface area contributed by atoms with Gasteiger partial charge in [0.15, 0.2) is 0 Å². The maximum Gasteiger partial charge on any atom is 0.405 e. The van der Waals surface area contributed by atoms with Crippen LogP contribution in [0.3, 0.4) is 0 Å². The van der Waals surface area contributed by atoms with Gasteiger partial charge in [-0.05, 0) is 30.7 Å². The standard InChI is InChI=1S/C11H12Cl2F3N/c12-7-10(11(14,15)16)17-6-5-8-1-3-9(13)4-2-8/h1-4,10,17H,5-7H2. The van der Waals surface area contributed by atoms with Crippen molar-refractivity contribution in [2.45, 2.75) is 18.6 Å². The van der Waals surface area contributed by atoms with Gasteiger partial charge in [-0.3, -0.25) is 0 Å². The highest BCUT2D eigenvalue weighted by molar-refractivity contribution is 6.30. The maximum absolute atomic E-state index is 12.3. The normalized spacial score (nSPS) is 13.7. The van der Waals surface area contributed by atoms with Crippen LogP contribution in [0.1, 0.15) is 5.56 Å². The van der Waals surface area contributed by atoms with Gasteiger partial charge >= 0.3 is 6.18 Å². The van der Waals surface area contributed by atoms with Crippen LogP contribution in [-0.4, -0.2) is 24.6 Å². The number of hydrogen-bond acceptors (Lipinski definition) is 1. The van der Waals surface area contributed by atoms with E-state index < -0.39 is 18.1 Å². The molecule has 0 saturated carbocycles. The van der Waals surface area contributed by atoms with Crippen molar-refractivity contribution in [2.75, 3.05) is 12.4 Å². The molecule has 0 fully saturated rings. The van der Waals surface area contributed by atoms with E-state index >= 15 is 0 Å². The van der Waals surface area contributed by atoms with Crippen LogP contribution in [0.25, 0.3) is 0 Å². The monoisotopic (exact) mass is 285 g/mol. The fourth-order valence-corrected chi connectivity index (χ4v) is 1.71. The van der Waals surface area contributed by atoms with Gasteiger partial charge in [-0.25, -0.2) is 0 Å². The average Bonchev–Trinajstić information content (AvgIpc) is 2.25. The van der Waals surface area contributed by atoms with Gasteiger partial charge in [-0.1, -0.05) is 23.7 Å². The van der Waals surface area contributed by atoms with Crippen molar-refractivity contribution >= 4 is 23.2 Å². The lowest BCUT2D eigenvalue weighted by Crippen LogP contribution is -2.44. The van der Waals surface area contributed by atoms with Crippen LogP contribution in [-0.2, 0) is 6.42 Å². The van der Waals surface area contributed by atoms with Crippen molar-refractivity contribution in [3.63, 3.8) is 0 Å². The Kier molecular flexibility index (Phi) is 5.56. The van der Waals surface area contributed by atoms with Gasteiger partial charge < -0.3 is 5.32 Å². The van der Waals surface area contributed by atoms with Crippen molar-refractivity contribution in [1.29, 1.82) is 0 Å². The summed E-state index contributed by atoms with van der Waals surface area (Å²) in [5.41, 5.74) is 0.928. The molecule has 0 bridgehead atoms. The molecule has 1 unspecified atom stereocenters. The zero-order valence-electron chi connectivity index (χ0n) is 8.90. The van der Waals surface area contributed by atoms with Crippen molar-refractivity contribution in [3.8, 4) is 0 Å². The number of hydrogen-bond donors (Lipinski definition) is 1. The largest absolute Gasteiger partial charge is 0.405 e. The number of alkyl halides is 4. The van der Waals surface area contributed by atoms with E-state index in [1.54, 1.807) is 24.3 Å². The van der Waals surface area contributed by atoms with Gasteiger partial charge in [0.05, 0.1) is 0 Å². The van der Waals surface area contributed by atoms with E-state index in [4.69, 9.17) is 23.2 Å². The minimum atomic E-state index is -4.30. The molecule has 0 aliphatic heterocycles. The van der Waals surface area contributed by atoms with Gasteiger partial charge in [-0.15, -0.1) is 11.6 Å². The number of rotatable bonds is 5. The lowest BCUT2D eigenvalue weighted by molar-refractivity contribution is -0.150. The summed E-state index contributed by atoms with van der Waals surface area (Å²) < 4.78 is 37.0. The Bertz CT molecular complexity index is 338. The summed E-state index contributed by atoms with van der Waals surface area (Å²) in [7, 11) is 0. The molecular formula is C11H12Cl2F3N. The minimum Gasteiger partial charge on any atom is -0.305 e. The molecule has 17 heavy (non-hydrogen) atoms. The Hall–Kier alpha value is -0.450. The van der Waals surface area contributed by atoms with Crippen molar-refractivity contribution in [3.05, 3.63) is 34.9 Å². The molecule has 1 rings (SSSR count). The molecule has 0 heterocycles. The summed E-state index contributed by atoms with van der Waals surface area (Å²) >= 11 is 11.0. The topological polar surface area (TPSA) is 12.0 Å². The molecule has 0 aromatic heterocycles. The molecule has 1 aromatic carbocycles. The van der Waals surface area contributed by atoms with E-state index in [-0.39, 0.29) is 6.54 Å². The molecule has 1 nitrogen and oxygen atoms in total. The van der Waals surface area contributed by atoms with Crippen LogP contribution in [0, 0.1) is 0 Å². The zero-order chi connectivity index (χ0) is 12.9. The molecule has 0 radical (unpaired) electrons. The van der Waals surface area contributed by atoms with Gasteiger partial charge in [0.25, 0.3) is 0 Å². The Morgan fingerprint density at radius 1 is 1.18 bits per heavy atom. The first kappa shape index (κ1) is 14.6. The lowest BCUT2D eigenvalue weighted by atomic mass is 10.1. The van der Waals surface area contributed by atoms with E-state index in [2.05, 4.69) is 5.32 Å². The summed E-state index contributed by atoms with van der Waals surface area (Å²) in [5.74, 6) is -0.482. The van der Waals surface area contributed by atoms with Gasteiger partial charge in [-0.2, -0.15) is 13.2 Å². The van der Waals surface area contributed by atoms with Gasteiger partial charge in [0.1, 0.15) is 6.04 Å². The van der Waals surface area contributed by atoms with E-state index in [1.165, 1.54) is 0 Å². The first-order valence-corrected chi connectivity index (χ1v) is 5.95. The molecule has 0 aliphatic carbocycles. The Morgan fingerprint density at radius 3 is 2.24 bits per heavy atom. The molecule has 1 N–H and O–H groups in total. The summed E-state index contributed by atoms with van der Waals surface area (Å²) in [6, 6.07) is 5.33. The lowest BCUT2D eigenvalue weighted by Gasteiger charge is -2.19.